The Labute approximate surface area is 176 Å². The maximum absolute atomic E-state index is 14.0. The van der Waals surface area contributed by atoms with Gasteiger partial charge >= 0.3 is 6.09 Å². The van der Waals surface area contributed by atoms with E-state index in [-0.39, 0.29) is 5.91 Å². The molecule has 0 saturated carbocycles. The highest BCUT2D eigenvalue weighted by Gasteiger charge is 2.31. The zero-order chi connectivity index (χ0) is 20.4. The Hall–Kier alpha value is -2.04. The van der Waals surface area contributed by atoms with Crippen molar-refractivity contribution in [2.45, 2.75) is 18.9 Å². The van der Waals surface area contributed by atoms with Crippen molar-refractivity contribution in [3.05, 3.63) is 40.0 Å². The minimum absolute atomic E-state index is 0.333. The molecule has 7 nitrogen and oxygen atoms in total. The first-order valence-electron chi connectivity index (χ1n) is 9.43. The molecule has 4 rings (SSSR count). The van der Waals surface area contributed by atoms with E-state index in [1.54, 1.807) is 23.9 Å². The molecule has 1 aromatic carbocycles. The topological polar surface area (TPSA) is 85.2 Å². The van der Waals surface area contributed by atoms with Crippen LogP contribution in [0.15, 0.2) is 28.1 Å². The molecule has 2 fully saturated rings. The summed E-state index contributed by atoms with van der Waals surface area (Å²) in [4.78, 5) is 30.1. The Balaban J connectivity index is 1.62. The van der Waals surface area contributed by atoms with Crippen LogP contribution in [0.2, 0.25) is 0 Å². The molecule has 3 aliphatic heterocycles. The minimum atomic E-state index is -1.02. The van der Waals surface area contributed by atoms with Crippen LogP contribution in [0.1, 0.15) is 30.0 Å². The van der Waals surface area contributed by atoms with Crippen molar-refractivity contribution in [3.8, 4) is 0 Å². The van der Waals surface area contributed by atoms with Crippen molar-refractivity contribution in [2.75, 3.05) is 31.1 Å². The van der Waals surface area contributed by atoms with E-state index in [2.05, 4.69) is 10.4 Å². The molecule has 3 heterocycles. The van der Waals surface area contributed by atoms with Crippen LogP contribution in [0.25, 0.3) is 6.08 Å². The predicted molar refractivity (Wildman–Crippen MR) is 113 cm³/mol. The molecule has 0 radical (unpaired) electrons. The molecule has 0 aliphatic carbocycles. The molecule has 0 spiro atoms. The molecule has 1 aromatic rings. The Morgan fingerprint density at radius 3 is 2.97 bits per heavy atom. The highest BCUT2D eigenvalue weighted by atomic mass is 32.2. The quantitative estimate of drug-likeness (QED) is 0.689. The third-order valence-electron chi connectivity index (χ3n) is 5.02. The number of hydrazine groups is 1. The van der Waals surface area contributed by atoms with Crippen molar-refractivity contribution < 1.29 is 19.1 Å². The number of carbonyl (C=O) groups excluding carboxylic acids is 1. The van der Waals surface area contributed by atoms with Gasteiger partial charge in [-0.1, -0.05) is 6.07 Å². The Morgan fingerprint density at radius 2 is 2.21 bits per heavy atom. The lowest BCUT2D eigenvalue weighted by Gasteiger charge is -2.34. The lowest BCUT2D eigenvalue weighted by atomic mass is 9.99. The van der Waals surface area contributed by atoms with Gasteiger partial charge in [0.15, 0.2) is 5.17 Å². The number of rotatable bonds is 2. The highest BCUT2D eigenvalue weighted by molar-refractivity contribution is 8.18. The molecule has 10 heteroatoms. The zero-order valence-electron chi connectivity index (χ0n) is 15.6. The number of amides is 2. The molecule has 29 heavy (non-hydrogen) atoms. The fourth-order valence-electron chi connectivity index (χ4n) is 3.56. The number of aliphatic imine (C=N–C) groups is 1. The molecule has 3 aliphatic rings. The number of amidine groups is 1. The zero-order valence-corrected chi connectivity index (χ0v) is 17.3. The number of hydrogen-bond acceptors (Lipinski definition) is 6. The Bertz CT molecular complexity index is 886. The molecular formula is C19H21FN4O3S2. The first kappa shape index (κ1) is 20.2. The second kappa shape index (κ2) is 8.76. The maximum atomic E-state index is 14.0. The number of nitrogens with zero attached hydrogens (tertiary/aromatic N) is 3. The molecule has 2 N–H and O–H groups in total. The van der Waals surface area contributed by atoms with E-state index >= 15 is 0 Å². The van der Waals surface area contributed by atoms with Gasteiger partial charge < -0.3 is 5.11 Å². The summed E-state index contributed by atoms with van der Waals surface area (Å²) in [6.45, 7) is 2.03. The third kappa shape index (κ3) is 4.44. The third-order valence-corrected chi connectivity index (χ3v) is 7.05. The number of nitrogens with one attached hydrogen (secondary N) is 1. The molecule has 2 saturated heterocycles. The fourth-order valence-corrected chi connectivity index (χ4v) is 5.55. The van der Waals surface area contributed by atoms with Crippen molar-refractivity contribution in [3.63, 3.8) is 0 Å². The van der Waals surface area contributed by atoms with Gasteiger partial charge in [-0.05, 0) is 53.9 Å². The van der Waals surface area contributed by atoms with E-state index in [4.69, 9.17) is 0 Å². The molecule has 154 valence electrons. The molecule has 1 atom stereocenters. The van der Waals surface area contributed by atoms with Gasteiger partial charge in [0.25, 0.3) is 5.91 Å². The van der Waals surface area contributed by atoms with Crippen LogP contribution in [-0.2, 0) is 4.79 Å². The van der Waals surface area contributed by atoms with Crippen LogP contribution in [0.3, 0.4) is 0 Å². The van der Waals surface area contributed by atoms with Crippen LogP contribution in [-0.4, -0.2) is 63.3 Å². The Kier molecular flexibility index (Phi) is 6.12. The predicted octanol–water partition coefficient (Wildman–Crippen LogP) is 3.16. The SMILES string of the molecule is O=C1N=C(N2CCCCN2)S/C1=C/c1ccc(F)cc1C1CSCCN1C(=O)O. The van der Waals surface area contributed by atoms with Gasteiger partial charge in [0, 0.05) is 31.1 Å². The van der Waals surface area contributed by atoms with Gasteiger partial charge in [0.2, 0.25) is 0 Å². The average Bonchev–Trinajstić information content (AvgIpc) is 3.10. The summed E-state index contributed by atoms with van der Waals surface area (Å²) in [6.07, 6.45) is 2.79. The molecule has 0 bridgehead atoms. The number of thioether (sulfide) groups is 2. The highest BCUT2D eigenvalue weighted by Crippen LogP contribution is 2.36. The van der Waals surface area contributed by atoms with Crippen molar-refractivity contribution in [2.24, 2.45) is 4.99 Å². The van der Waals surface area contributed by atoms with Crippen molar-refractivity contribution in [1.29, 1.82) is 0 Å². The molecule has 2 amide bonds. The number of hydrogen-bond donors (Lipinski definition) is 2. The Morgan fingerprint density at radius 1 is 1.34 bits per heavy atom. The summed E-state index contributed by atoms with van der Waals surface area (Å²) < 4.78 is 14.0. The summed E-state index contributed by atoms with van der Waals surface area (Å²) in [7, 11) is 0. The number of halogens is 1. The summed E-state index contributed by atoms with van der Waals surface area (Å²) in [5.74, 6) is 0.499. The van der Waals surface area contributed by atoms with E-state index in [0.29, 0.717) is 39.3 Å². The van der Waals surface area contributed by atoms with Crippen LogP contribution in [0.4, 0.5) is 9.18 Å². The van der Waals surface area contributed by atoms with Gasteiger partial charge in [0.1, 0.15) is 5.82 Å². The summed E-state index contributed by atoms with van der Waals surface area (Å²) >= 11 is 2.92. The van der Waals surface area contributed by atoms with E-state index in [0.717, 1.165) is 25.9 Å². The first-order valence-corrected chi connectivity index (χ1v) is 11.4. The largest absolute Gasteiger partial charge is 0.465 e. The smallest absolute Gasteiger partial charge is 0.407 e. The fraction of sp³-hybridized carbons (Fsp3) is 0.421. The van der Waals surface area contributed by atoms with E-state index in [9.17, 15) is 19.1 Å². The molecule has 0 aromatic heterocycles. The van der Waals surface area contributed by atoms with E-state index < -0.39 is 18.0 Å². The monoisotopic (exact) mass is 436 g/mol. The standard InChI is InChI=1S/C19H21FN4O3S2/c20-13-4-3-12(14(10-13)15-11-28-8-7-23(15)19(26)27)9-16-17(25)22-18(29-16)24-6-2-1-5-21-24/h3-4,9-10,15,21H,1-2,5-8,11H2,(H,26,27)/b16-9+. The second-order valence-electron chi connectivity index (χ2n) is 6.92. The van der Waals surface area contributed by atoms with Crippen LogP contribution in [0, 0.1) is 5.82 Å². The summed E-state index contributed by atoms with van der Waals surface area (Å²) in [5, 5.41) is 12.1. The number of carbonyl (C=O) groups is 2. The van der Waals surface area contributed by atoms with Crippen LogP contribution >= 0.6 is 23.5 Å². The second-order valence-corrected chi connectivity index (χ2v) is 9.08. The van der Waals surface area contributed by atoms with Crippen LogP contribution < -0.4 is 5.43 Å². The molecule has 1 unspecified atom stereocenters. The minimum Gasteiger partial charge on any atom is -0.465 e. The number of benzene rings is 1. The van der Waals surface area contributed by atoms with Crippen LogP contribution in [0.5, 0.6) is 0 Å². The van der Waals surface area contributed by atoms with E-state index in [1.807, 2.05) is 5.01 Å². The normalized spacial score (nSPS) is 24.2. The average molecular weight is 437 g/mol. The van der Waals surface area contributed by atoms with Gasteiger partial charge in [-0.15, -0.1) is 0 Å². The van der Waals surface area contributed by atoms with Gasteiger partial charge in [-0.25, -0.2) is 14.6 Å². The van der Waals surface area contributed by atoms with Crippen molar-refractivity contribution >= 4 is 46.8 Å². The first-order chi connectivity index (χ1) is 14.0. The summed E-state index contributed by atoms with van der Waals surface area (Å²) in [5.41, 5.74) is 4.45. The lowest BCUT2D eigenvalue weighted by Crippen LogP contribution is -2.45. The molecular weight excluding hydrogens is 415 g/mol. The van der Waals surface area contributed by atoms with Gasteiger partial charge in [-0.2, -0.15) is 16.8 Å². The maximum Gasteiger partial charge on any atom is 0.407 e. The lowest BCUT2D eigenvalue weighted by molar-refractivity contribution is -0.113. The van der Waals surface area contributed by atoms with Crippen molar-refractivity contribution in [1.82, 2.24) is 15.3 Å². The van der Waals surface area contributed by atoms with Gasteiger partial charge in [0.05, 0.1) is 10.9 Å². The number of carboxylic acid groups (broad SMARTS) is 1. The van der Waals surface area contributed by atoms with E-state index in [1.165, 1.54) is 28.8 Å². The summed E-state index contributed by atoms with van der Waals surface area (Å²) in [6, 6.07) is 3.84. The van der Waals surface area contributed by atoms with Gasteiger partial charge in [-0.3, -0.25) is 14.7 Å².